The fourth-order valence-corrected chi connectivity index (χ4v) is 3.01. The minimum absolute atomic E-state index is 0.348. The van der Waals surface area contributed by atoms with E-state index in [1.54, 1.807) is 18.4 Å². The highest BCUT2D eigenvalue weighted by Gasteiger charge is 2.15. The van der Waals surface area contributed by atoms with Crippen molar-refractivity contribution in [3.8, 4) is 5.75 Å². The number of rotatable bonds is 5. The first-order valence-electron chi connectivity index (χ1n) is 6.06. The van der Waals surface area contributed by atoms with Gasteiger partial charge >= 0.3 is 0 Å². The monoisotopic (exact) mass is 262 g/mol. The molecule has 18 heavy (non-hydrogen) atoms. The van der Waals surface area contributed by atoms with Crippen LogP contribution in [0.3, 0.4) is 0 Å². The predicted molar refractivity (Wildman–Crippen MR) is 75.1 cm³/mol. The molecule has 2 aromatic rings. The van der Waals surface area contributed by atoms with Gasteiger partial charge in [-0.1, -0.05) is 19.1 Å². The highest BCUT2D eigenvalue weighted by atomic mass is 32.1. The zero-order chi connectivity index (χ0) is 13.0. The van der Waals surface area contributed by atoms with E-state index < -0.39 is 0 Å². The van der Waals surface area contributed by atoms with Crippen LogP contribution in [0.1, 0.15) is 35.5 Å². The highest BCUT2D eigenvalue weighted by molar-refractivity contribution is 7.09. The van der Waals surface area contributed by atoms with Crippen LogP contribution in [0.4, 0.5) is 0 Å². The van der Waals surface area contributed by atoms with Crippen molar-refractivity contribution in [2.45, 2.75) is 25.8 Å². The molecule has 0 fully saturated rings. The lowest BCUT2D eigenvalue weighted by Crippen LogP contribution is -2.01. The van der Waals surface area contributed by atoms with Crippen molar-refractivity contribution in [1.82, 2.24) is 4.98 Å². The summed E-state index contributed by atoms with van der Waals surface area (Å²) in [4.78, 5) is 4.58. The highest BCUT2D eigenvalue weighted by Crippen LogP contribution is 2.31. The molecule has 0 saturated heterocycles. The maximum absolute atomic E-state index is 5.61. The van der Waals surface area contributed by atoms with Crippen molar-refractivity contribution in [3.05, 3.63) is 45.9 Å². The maximum Gasteiger partial charge on any atom is 0.118 e. The standard InChI is InChI=1S/C14H18N2OS/c1-3-13(14-16-11(8-15)9-18-14)10-4-6-12(17-2)7-5-10/h4-7,9,13H,3,8,15H2,1-2H3. The summed E-state index contributed by atoms with van der Waals surface area (Å²) in [7, 11) is 1.68. The summed E-state index contributed by atoms with van der Waals surface area (Å²) in [6.07, 6.45) is 1.03. The minimum atomic E-state index is 0.348. The molecular weight excluding hydrogens is 244 g/mol. The van der Waals surface area contributed by atoms with E-state index in [1.165, 1.54) is 5.56 Å². The number of nitrogens with two attached hydrogens (primary N) is 1. The Morgan fingerprint density at radius 2 is 2.06 bits per heavy atom. The molecule has 0 spiro atoms. The summed E-state index contributed by atoms with van der Waals surface area (Å²) in [6, 6.07) is 8.21. The lowest BCUT2D eigenvalue weighted by molar-refractivity contribution is 0.414. The van der Waals surface area contributed by atoms with Gasteiger partial charge in [-0.15, -0.1) is 11.3 Å². The average Bonchev–Trinajstić information content (AvgIpc) is 2.89. The Kier molecular flexibility index (Phi) is 4.33. The van der Waals surface area contributed by atoms with Gasteiger partial charge in [0, 0.05) is 17.8 Å². The summed E-state index contributed by atoms with van der Waals surface area (Å²) >= 11 is 1.69. The second kappa shape index (κ2) is 5.98. The summed E-state index contributed by atoms with van der Waals surface area (Å²) in [6.45, 7) is 2.69. The zero-order valence-electron chi connectivity index (χ0n) is 10.7. The van der Waals surface area contributed by atoms with Crippen LogP contribution in [0, 0.1) is 0 Å². The molecule has 0 amide bonds. The van der Waals surface area contributed by atoms with Crippen LogP contribution in [0.5, 0.6) is 5.75 Å². The Labute approximate surface area is 112 Å². The smallest absolute Gasteiger partial charge is 0.118 e. The molecule has 0 aliphatic rings. The Balaban J connectivity index is 2.26. The van der Waals surface area contributed by atoms with Gasteiger partial charge in [0.1, 0.15) is 10.8 Å². The van der Waals surface area contributed by atoms with Crippen LogP contribution in [0.15, 0.2) is 29.6 Å². The van der Waals surface area contributed by atoms with Crippen LogP contribution in [0.25, 0.3) is 0 Å². The second-order valence-corrected chi connectivity index (χ2v) is 5.00. The van der Waals surface area contributed by atoms with Gasteiger partial charge in [0.2, 0.25) is 0 Å². The van der Waals surface area contributed by atoms with Gasteiger partial charge in [-0.25, -0.2) is 4.98 Å². The first-order valence-corrected chi connectivity index (χ1v) is 6.94. The van der Waals surface area contributed by atoms with Crippen LogP contribution in [-0.4, -0.2) is 12.1 Å². The van der Waals surface area contributed by atoms with Crippen molar-refractivity contribution < 1.29 is 4.74 Å². The van der Waals surface area contributed by atoms with Gasteiger partial charge in [0.25, 0.3) is 0 Å². The molecule has 0 bridgehead atoms. The SMILES string of the molecule is CCC(c1ccc(OC)cc1)c1nc(CN)cs1. The minimum Gasteiger partial charge on any atom is -0.497 e. The lowest BCUT2D eigenvalue weighted by atomic mass is 9.97. The fraction of sp³-hybridized carbons (Fsp3) is 0.357. The fourth-order valence-electron chi connectivity index (χ4n) is 1.97. The number of methoxy groups -OCH3 is 1. The Hall–Kier alpha value is -1.39. The quantitative estimate of drug-likeness (QED) is 0.900. The molecule has 1 aromatic heterocycles. The number of hydrogen-bond acceptors (Lipinski definition) is 4. The molecule has 1 atom stereocenters. The zero-order valence-corrected chi connectivity index (χ0v) is 11.5. The van der Waals surface area contributed by atoms with E-state index >= 15 is 0 Å². The Bertz CT molecular complexity index is 493. The molecule has 96 valence electrons. The van der Waals surface area contributed by atoms with E-state index in [0.717, 1.165) is 22.9 Å². The summed E-state index contributed by atoms with van der Waals surface area (Å²) < 4.78 is 5.18. The second-order valence-electron chi connectivity index (χ2n) is 4.12. The van der Waals surface area contributed by atoms with Gasteiger partial charge in [0.05, 0.1) is 12.8 Å². The number of benzene rings is 1. The van der Waals surface area contributed by atoms with Gasteiger partial charge in [-0.2, -0.15) is 0 Å². The first kappa shape index (κ1) is 13.1. The predicted octanol–water partition coefficient (Wildman–Crippen LogP) is 3.15. The van der Waals surface area contributed by atoms with E-state index in [1.807, 2.05) is 17.5 Å². The van der Waals surface area contributed by atoms with Crippen LogP contribution >= 0.6 is 11.3 Å². The molecular formula is C14H18N2OS. The largest absolute Gasteiger partial charge is 0.497 e. The number of ether oxygens (including phenoxy) is 1. The number of thiazole rings is 1. The molecule has 3 nitrogen and oxygen atoms in total. The van der Waals surface area contributed by atoms with Crippen molar-refractivity contribution >= 4 is 11.3 Å². The first-order chi connectivity index (χ1) is 8.78. The van der Waals surface area contributed by atoms with Gasteiger partial charge in [0.15, 0.2) is 0 Å². The van der Waals surface area contributed by atoms with Gasteiger partial charge < -0.3 is 10.5 Å². The van der Waals surface area contributed by atoms with E-state index in [-0.39, 0.29) is 0 Å². The Morgan fingerprint density at radius 1 is 1.33 bits per heavy atom. The van der Waals surface area contributed by atoms with Crippen LogP contribution in [0.2, 0.25) is 0 Å². The molecule has 0 aliphatic heterocycles. The molecule has 0 aliphatic carbocycles. The van der Waals surface area contributed by atoms with Crippen molar-refractivity contribution in [3.63, 3.8) is 0 Å². The lowest BCUT2D eigenvalue weighted by Gasteiger charge is -2.13. The molecule has 0 saturated carbocycles. The number of nitrogens with zero attached hydrogens (tertiary/aromatic N) is 1. The summed E-state index contributed by atoms with van der Waals surface area (Å²) in [5.74, 6) is 1.23. The molecule has 2 rings (SSSR count). The molecule has 0 radical (unpaired) electrons. The third kappa shape index (κ3) is 2.71. The van der Waals surface area contributed by atoms with E-state index in [0.29, 0.717) is 12.5 Å². The average molecular weight is 262 g/mol. The van der Waals surface area contributed by atoms with Crippen molar-refractivity contribution in [1.29, 1.82) is 0 Å². The summed E-state index contributed by atoms with van der Waals surface area (Å²) in [5.41, 5.74) is 7.86. The molecule has 1 unspecified atom stereocenters. The van der Waals surface area contributed by atoms with E-state index in [9.17, 15) is 0 Å². The summed E-state index contributed by atoms with van der Waals surface area (Å²) in [5, 5.41) is 3.18. The van der Waals surface area contributed by atoms with E-state index in [2.05, 4.69) is 24.0 Å². The molecule has 2 N–H and O–H groups in total. The number of hydrogen-bond donors (Lipinski definition) is 1. The third-order valence-corrected chi connectivity index (χ3v) is 4.01. The van der Waals surface area contributed by atoms with Crippen molar-refractivity contribution in [2.75, 3.05) is 7.11 Å². The normalized spacial score (nSPS) is 12.4. The third-order valence-electron chi connectivity index (χ3n) is 3.00. The Morgan fingerprint density at radius 3 is 2.56 bits per heavy atom. The maximum atomic E-state index is 5.61. The molecule has 4 heteroatoms. The molecule has 1 aromatic carbocycles. The van der Waals surface area contributed by atoms with Crippen LogP contribution < -0.4 is 10.5 Å². The topological polar surface area (TPSA) is 48.1 Å². The van der Waals surface area contributed by atoms with E-state index in [4.69, 9.17) is 10.5 Å². The van der Waals surface area contributed by atoms with Crippen molar-refractivity contribution in [2.24, 2.45) is 5.73 Å². The van der Waals surface area contributed by atoms with Crippen LogP contribution in [-0.2, 0) is 6.54 Å². The molecule has 1 heterocycles. The van der Waals surface area contributed by atoms with Gasteiger partial charge in [-0.3, -0.25) is 0 Å². The number of aromatic nitrogens is 1. The van der Waals surface area contributed by atoms with Gasteiger partial charge in [-0.05, 0) is 24.1 Å².